The van der Waals surface area contributed by atoms with Gasteiger partial charge in [-0.3, -0.25) is 0 Å². The van der Waals surface area contributed by atoms with Gasteiger partial charge in [0.25, 0.3) is 0 Å². The van der Waals surface area contributed by atoms with Gasteiger partial charge in [-0.2, -0.15) is 13.2 Å². The molecule has 5 rings (SSSR count). The van der Waals surface area contributed by atoms with Crippen molar-refractivity contribution in [3.8, 4) is 5.75 Å². The Morgan fingerprint density at radius 3 is 2.56 bits per heavy atom. The number of nitrogens with one attached hydrogen (secondary N) is 1. The predicted molar refractivity (Wildman–Crippen MR) is 127 cm³/mol. The van der Waals surface area contributed by atoms with Crippen LogP contribution in [-0.4, -0.2) is 61.0 Å². The summed E-state index contributed by atoms with van der Waals surface area (Å²) in [6, 6.07) is 4.64. The maximum Gasteiger partial charge on any atom is 0.420 e. The highest BCUT2D eigenvalue weighted by Crippen LogP contribution is 2.47. The van der Waals surface area contributed by atoms with Crippen molar-refractivity contribution in [2.45, 2.75) is 45.1 Å². The van der Waals surface area contributed by atoms with Gasteiger partial charge in [-0.1, -0.05) is 0 Å². The van der Waals surface area contributed by atoms with Gasteiger partial charge in [-0.15, -0.1) is 0 Å². The van der Waals surface area contributed by atoms with E-state index in [4.69, 9.17) is 14.2 Å². The molecule has 0 bridgehead atoms. The van der Waals surface area contributed by atoms with Crippen LogP contribution in [0.2, 0.25) is 0 Å². The van der Waals surface area contributed by atoms with Gasteiger partial charge in [0.1, 0.15) is 18.0 Å². The first kappa shape index (κ1) is 24.5. The Kier molecular flexibility index (Phi) is 6.14. The van der Waals surface area contributed by atoms with E-state index < -0.39 is 23.4 Å². The number of aromatic nitrogens is 1. The number of morpholine rings is 1. The number of hydrogen-bond acceptors (Lipinski definition) is 7. The zero-order valence-electron chi connectivity index (χ0n) is 20.4. The van der Waals surface area contributed by atoms with E-state index in [-0.39, 0.29) is 37.1 Å². The summed E-state index contributed by atoms with van der Waals surface area (Å²) in [4.78, 5) is 20.3. The molecule has 11 heteroatoms. The van der Waals surface area contributed by atoms with Crippen molar-refractivity contribution < 1.29 is 32.2 Å². The summed E-state index contributed by atoms with van der Waals surface area (Å²) in [7, 11) is 0. The topological polar surface area (TPSA) is 76.2 Å². The third-order valence-corrected chi connectivity index (χ3v) is 6.42. The van der Waals surface area contributed by atoms with Crippen LogP contribution in [0.15, 0.2) is 24.4 Å². The van der Waals surface area contributed by atoms with Crippen LogP contribution in [0.25, 0.3) is 0 Å². The van der Waals surface area contributed by atoms with Crippen molar-refractivity contribution >= 4 is 23.3 Å². The Labute approximate surface area is 207 Å². The van der Waals surface area contributed by atoms with Gasteiger partial charge in [0.15, 0.2) is 5.75 Å². The number of pyridine rings is 1. The highest BCUT2D eigenvalue weighted by Gasteiger charge is 2.40. The molecule has 1 aromatic heterocycles. The molecule has 2 fully saturated rings. The first-order valence-electron chi connectivity index (χ1n) is 11.9. The van der Waals surface area contributed by atoms with Crippen LogP contribution in [0.1, 0.15) is 43.4 Å². The zero-order valence-corrected chi connectivity index (χ0v) is 20.4. The molecule has 36 heavy (non-hydrogen) atoms. The number of carbonyl (C=O) groups is 1. The molecule has 2 saturated heterocycles. The number of carbonyl (C=O) groups excluding carboxylic acids is 1. The summed E-state index contributed by atoms with van der Waals surface area (Å²) in [5, 5.41) is 3.10. The Morgan fingerprint density at radius 1 is 1.17 bits per heavy atom. The van der Waals surface area contributed by atoms with E-state index in [0.29, 0.717) is 43.2 Å². The van der Waals surface area contributed by atoms with Crippen molar-refractivity contribution in [2.24, 2.45) is 0 Å². The first-order chi connectivity index (χ1) is 17.0. The van der Waals surface area contributed by atoms with Crippen molar-refractivity contribution in [3.05, 3.63) is 41.1 Å². The monoisotopic (exact) mass is 506 g/mol. The molecule has 2 aromatic rings. The molecule has 4 heterocycles. The van der Waals surface area contributed by atoms with E-state index in [1.54, 1.807) is 33.0 Å². The van der Waals surface area contributed by atoms with E-state index in [9.17, 15) is 18.0 Å². The number of ether oxygens (including phenoxy) is 3. The number of alkyl halides is 3. The van der Waals surface area contributed by atoms with Gasteiger partial charge < -0.3 is 29.3 Å². The molecule has 1 aromatic carbocycles. The van der Waals surface area contributed by atoms with Crippen LogP contribution in [0, 0.1) is 0 Å². The Morgan fingerprint density at radius 2 is 1.89 bits per heavy atom. The van der Waals surface area contributed by atoms with Crippen LogP contribution < -0.4 is 15.0 Å². The van der Waals surface area contributed by atoms with Gasteiger partial charge >= 0.3 is 12.3 Å². The number of fused-ring (bicyclic) bond motifs is 2. The molecule has 0 atom stereocenters. The average molecular weight is 507 g/mol. The summed E-state index contributed by atoms with van der Waals surface area (Å²) in [5.74, 6) is -0.0337. The average Bonchev–Trinajstić information content (AvgIpc) is 2.95. The van der Waals surface area contributed by atoms with Crippen LogP contribution in [0.5, 0.6) is 5.75 Å². The minimum absolute atomic E-state index is 0.0475. The van der Waals surface area contributed by atoms with Crippen LogP contribution in [-0.2, 0) is 22.3 Å². The SMILES string of the molecule is CC(C)(C)OC(=O)N1CC(c2cc3c(c(C(F)(F)F)c2)OCc2c(N4CCOCC4)ccnc2N3)C1. The summed E-state index contributed by atoms with van der Waals surface area (Å²) in [5.41, 5.74) is 0.760. The summed E-state index contributed by atoms with van der Waals surface area (Å²) in [6.07, 6.45) is -3.45. The summed E-state index contributed by atoms with van der Waals surface area (Å²) < 4.78 is 59.0. The molecule has 0 spiro atoms. The van der Waals surface area contributed by atoms with Gasteiger partial charge in [-0.25, -0.2) is 9.78 Å². The largest absolute Gasteiger partial charge is 0.486 e. The fraction of sp³-hybridized carbons (Fsp3) is 0.520. The predicted octanol–water partition coefficient (Wildman–Crippen LogP) is 4.91. The third kappa shape index (κ3) is 4.88. The number of likely N-dealkylation sites (tertiary alicyclic amines) is 1. The Bertz CT molecular complexity index is 1150. The molecule has 3 aliphatic heterocycles. The van der Waals surface area contributed by atoms with Crippen molar-refractivity contribution in [1.82, 2.24) is 9.88 Å². The second-order valence-electron chi connectivity index (χ2n) is 10.2. The maximum absolute atomic E-state index is 14.1. The number of nitrogens with zero attached hydrogens (tertiary/aromatic N) is 3. The highest BCUT2D eigenvalue weighted by atomic mass is 19.4. The van der Waals surface area contributed by atoms with Crippen LogP contribution in [0.4, 0.5) is 35.2 Å². The lowest BCUT2D eigenvalue weighted by Crippen LogP contribution is -2.50. The van der Waals surface area contributed by atoms with E-state index in [2.05, 4.69) is 15.2 Å². The minimum atomic E-state index is -4.62. The first-order valence-corrected chi connectivity index (χ1v) is 11.9. The Hall–Kier alpha value is -3.21. The number of anilines is 3. The lowest BCUT2D eigenvalue weighted by Gasteiger charge is -2.40. The fourth-order valence-electron chi connectivity index (χ4n) is 4.62. The molecule has 0 unspecified atom stereocenters. The Balaban J connectivity index is 1.44. The molecule has 0 radical (unpaired) electrons. The standard InChI is InChI=1S/C25H29F3N4O4/c1-24(2,3)36-23(33)32-12-16(13-32)15-10-18(25(26,27)28)21-19(11-15)30-22-17(14-35-21)20(4-5-29-22)31-6-8-34-9-7-31/h4-5,10-11,16H,6-9,12-14H2,1-3H3,(H,29,30). The van der Waals surface area contributed by atoms with E-state index in [1.165, 1.54) is 4.90 Å². The fourth-order valence-corrected chi connectivity index (χ4v) is 4.62. The summed E-state index contributed by atoms with van der Waals surface area (Å²) in [6.45, 7) is 8.33. The number of rotatable bonds is 2. The molecule has 0 aliphatic carbocycles. The highest BCUT2D eigenvalue weighted by molar-refractivity contribution is 5.75. The smallest absolute Gasteiger partial charge is 0.420 e. The second-order valence-corrected chi connectivity index (χ2v) is 10.2. The van der Waals surface area contributed by atoms with Crippen molar-refractivity contribution in [1.29, 1.82) is 0 Å². The molecule has 8 nitrogen and oxygen atoms in total. The van der Waals surface area contributed by atoms with Gasteiger partial charge in [-0.05, 0) is 44.5 Å². The molecule has 0 saturated carbocycles. The molecule has 1 N–H and O–H groups in total. The van der Waals surface area contributed by atoms with Gasteiger partial charge in [0.2, 0.25) is 0 Å². The quantitative estimate of drug-likeness (QED) is 0.621. The third-order valence-electron chi connectivity index (χ3n) is 6.42. The van der Waals surface area contributed by atoms with Crippen LogP contribution in [0.3, 0.4) is 0 Å². The number of halogens is 3. The van der Waals surface area contributed by atoms with E-state index in [0.717, 1.165) is 11.8 Å². The van der Waals surface area contributed by atoms with Gasteiger partial charge in [0.05, 0.1) is 30.0 Å². The lowest BCUT2D eigenvalue weighted by atomic mass is 9.89. The number of amides is 1. The number of benzene rings is 1. The molecular weight excluding hydrogens is 477 g/mol. The summed E-state index contributed by atoms with van der Waals surface area (Å²) >= 11 is 0. The van der Waals surface area contributed by atoms with Crippen LogP contribution >= 0.6 is 0 Å². The zero-order chi connectivity index (χ0) is 25.7. The molecule has 3 aliphatic rings. The number of hydrogen-bond donors (Lipinski definition) is 1. The molecule has 194 valence electrons. The lowest BCUT2D eigenvalue weighted by molar-refractivity contribution is -0.139. The second kappa shape index (κ2) is 9.02. The minimum Gasteiger partial charge on any atom is -0.486 e. The molecule has 1 amide bonds. The van der Waals surface area contributed by atoms with Crippen molar-refractivity contribution in [3.63, 3.8) is 0 Å². The van der Waals surface area contributed by atoms with E-state index >= 15 is 0 Å². The van der Waals surface area contributed by atoms with Crippen molar-refractivity contribution in [2.75, 3.05) is 49.6 Å². The van der Waals surface area contributed by atoms with Gasteiger partial charge in [0, 0.05) is 44.0 Å². The molecular formula is C25H29F3N4O4. The normalized spacial score (nSPS) is 18.3. The maximum atomic E-state index is 14.1. The van der Waals surface area contributed by atoms with E-state index in [1.807, 2.05) is 6.07 Å².